The highest BCUT2D eigenvalue weighted by atomic mass is 31.2. The van der Waals surface area contributed by atoms with Crippen LogP contribution in [0.15, 0.2) is 0 Å². The van der Waals surface area contributed by atoms with E-state index in [-0.39, 0.29) is 26.2 Å². The van der Waals surface area contributed by atoms with E-state index in [0.717, 1.165) is 12.8 Å². The van der Waals surface area contributed by atoms with Gasteiger partial charge < -0.3 is 20.1 Å². The van der Waals surface area contributed by atoms with E-state index >= 15 is 0 Å². The lowest BCUT2D eigenvalue weighted by Crippen LogP contribution is -2.29. The van der Waals surface area contributed by atoms with E-state index in [0.29, 0.717) is 6.42 Å². The minimum absolute atomic E-state index is 0.0542. The highest BCUT2D eigenvalue weighted by Crippen LogP contribution is 2.43. The number of phosphoric acid groups is 1. The number of carbonyl (C=O) groups excluding carboxylic acids is 2. The number of rotatable bonds is 20. The summed E-state index contributed by atoms with van der Waals surface area (Å²) >= 11 is 0. The van der Waals surface area contributed by atoms with Crippen LogP contribution in [0.25, 0.3) is 0 Å². The molecule has 10 heteroatoms. The van der Waals surface area contributed by atoms with Gasteiger partial charge in [0.15, 0.2) is 6.10 Å². The third kappa shape index (κ3) is 19.0. The maximum atomic E-state index is 12.0. The molecule has 0 heterocycles. The van der Waals surface area contributed by atoms with E-state index < -0.39 is 32.5 Å². The van der Waals surface area contributed by atoms with Crippen LogP contribution < -0.4 is 5.73 Å². The van der Waals surface area contributed by atoms with Crippen molar-refractivity contribution in [2.24, 2.45) is 5.73 Å². The van der Waals surface area contributed by atoms with Crippen molar-refractivity contribution in [1.29, 1.82) is 0 Å². The smallest absolute Gasteiger partial charge is 0.462 e. The minimum atomic E-state index is -4.31. The maximum Gasteiger partial charge on any atom is 0.472 e. The molecule has 0 aromatic carbocycles. The second-order valence-electron chi connectivity index (χ2n) is 7.23. The van der Waals surface area contributed by atoms with Gasteiger partial charge in [-0.15, -0.1) is 0 Å². The van der Waals surface area contributed by atoms with Gasteiger partial charge in [0.05, 0.1) is 13.2 Å². The Bertz CT molecular complexity index is 503. The van der Waals surface area contributed by atoms with Crippen LogP contribution in [0.2, 0.25) is 0 Å². The van der Waals surface area contributed by atoms with Gasteiger partial charge >= 0.3 is 19.8 Å². The Labute approximate surface area is 180 Å². The number of nitrogens with two attached hydrogens (primary N) is 1. The standard InChI is InChI=1S/C20H40NO8P/c1-3-4-5-6-7-8-9-10-11-12-13-20(23)29-19(16-26-18(2)22)17-28-30(24,25)27-15-14-21/h19H,3-17,21H2,1-2H3,(H,24,25). The van der Waals surface area contributed by atoms with Crippen LogP contribution >= 0.6 is 7.82 Å². The van der Waals surface area contributed by atoms with Gasteiger partial charge in [-0.2, -0.15) is 0 Å². The SMILES string of the molecule is CCCCCCCCCCCCC(=O)OC(COC(C)=O)COP(=O)(O)OCCN. The summed E-state index contributed by atoms with van der Waals surface area (Å²) in [6, 6.07) is 0. The van der Waals surface area contributed by atoms with Crippen molar-refractivity contribution in [2.75, 3.05) is 26.4 Å². The molecule has 0 aromatic rings. The predicted molar refractivity (Wildman–Crippen MR) is 114 cm³/mol. The summed E-state index contributed by atoms with van der Waals surface area (Å²) in [4.78, 5) is 32.6. The molecule has 0 saturated carbocycles. The van der Waals surface area contributed by atoms with E-state index in [1.54, 1.807) is 0 Å². The number of hydrogen-bond acceptors (Lipinski definition) is 8. The van der Waals surface area contributed by atoms with E-state index in [1.165, 1.54) is 51.9 Å². The summed E-state index contributed by atoms with van der Waals surface area (Å²) in [7, 11) is -4.31. The van der Waals surface area contributed by atoms with Crippen LogP contribution in [-0.4, -0.2) is 49.3 Å². The Hall–Kier alpha value is -0.990. The summed E-state index contributed by atoms with van der Waals surface area (Å²) in [6.45, 7) is 2.62. The predicted octanol–water partition coefficient (Wildman–Crippen LogP) is 3.86. The molecular formula is C20H40NO8P. The lowest BCUT2D eigenvalue weighted by Gasteiger charge is -2.19. The highest BCUT2D eigenvalue weighted by Gasteiger charge is 2.25. The molecule has 0 spiro atoms. The molecule has 0 aliphatic rings. The van der Waals surface area contributed by atoms with Gasteiger partial charge in [-0.05, 0) is 6.42 Å². The molecule has 178 valence electrons. The molecule has 9 nitrogen and oxygen atoms in total. The van der Waals surface area contributed by atoms with Gasteiger partial charge in [-0.25, -0.2) is 4.57 Å². The van der Waals surface area contributed by atoms with Crippen LogP contribution in [-0.2, 0) is 32.7 Å². The Kier molecular flexibility index (Phi) is 18.1. The normalized spacial score (nSPS) is 14.1. The van der Waals surface area contributed by atoms with Crippen LogP contribution in [0.3, 0.4) is 0 Å². The van der Waals surface area contributed by atoms with Gasteiger partial charge in [0.25, 0.3) is 0 Å². The molecule has 0 radical (unpaired) electrons. The average molecular weight is 454 g/mol. The fourth-order valence-corrected chi connectivity index (χ4v) is 3.48. The molecule has 2 atom stereocenters. The van der Waals surface area contributed by atoms with Gasteiger partial charge in [-0.1, -0.05) is 64.7 Å². The largest absolute Gasteiger partial charge is 0.472 e. The highest BCUT2D eigenvalue weighted by molar-refractivity contribution is 7.47. The second-order valence-corrected chi connectivity index (χ2v) is 8.69. The van der Waals surface area contributed by atoms with Gasteiger partial charge in [0, 0.05) is 19.9 Å². The zero-order chi connectivity index (χ0) is 22.7. The second kappa shape index (κ2) is 18.8. The topological polar surface area (TPSA) is 134 Å². The summed E-state index contributed by atoms with van der Waals surface area (Å²) < 4.78 is 31.1. The molecule has 2 unspecified atom stereocenters. The van der Waals surface area contributed by atoms with E-state index in [2.05, 4.69) is 11.4 Å². The van der Waals surface area contributed by atoms with Crippen molar-refractivity contribution in [3.8, 4) is 0 Å². The first kappa shape index (κ1) is 29.0. The molecule has 3 N–H and O–H groups in total. The molecule has 0 fully saturated rings. The summed E-state index contributed by atoms with van der Waals surface area (Å²) in [5, 5.41) is 0. The number of esters is 2. The number of hydrogen-bond donors (Lipinski definition) is 2. The maximum absolute atomic E-state index is 12.0. The number of ether oxygens (including phenoxy) is 2. The van der Waals surface area contributed by atoms with Crippen molar-refractivity contribution in [1.82, 2.24) is 0 Å². The quantitative estimate of drug-likeness (QED) is 0.160. The first-order valence-corrected chi connectivity index (χ1v) is 12.4. The number of phosphoric ester groups is 1. The lowest BCUT2D eigenvalue weighted by atomic mass is 10.1. The molecule has 0 saturated heterocycles. The zero-order valence-corrected chi connectivity index (χ0v) is 19.4. The van der Waals surface area contributed by atoms with Crippen LogP contribution in [0.5, 0.6) is 0 Å². The first-order chi connectivity index (χ1) is 14.3. The summed E-state index contributed by atoms with van der Waals surface area (Å²) in [5.41, 5.74) is 5.21. The van der Waals surface area contributed by atoms with Crippen LogP contribution in [0, 0.1) is 0 Å². The zero-order valence-electron chi connectivity index (χ0n) is 18.5. The first-order valence-electron chi connectivity index (χ1n) is 11.0. The third-order valence-electron chi connectivity index (χ3n) is 4.30. The Morgan fingerprint density at radius 3 is 2.03 bits per heavy atom. The number of unbranched alkanes of at least 4 members (excludes halogenated alkanes) is 9. The van der Waals surface area contributed by atoms with Gasteiger partial charge in [-0.3, -0.25) is 18.6 Å². The Morgan fingerprint density at radius 1 is 0.933 bits per heavy atom. The fourth-order valence-electron chi connectivity index (χ4n) is 2.71. The molecule has 0 aliphatic carbocycles. The van der Waals surface area contributed by atoms with Crippen molar-refractivity contribution >= 4 is 19.8 Å². The van der Waals surface area contributed by atoms with Crippen molar-refractivity contribution < 1.29 is 37.6 Å². The van der Waals surface area contributed by atoms with Crippen molar-refractivity contribution in [3.05, 3.63) is 0 Å². The Balaban J connectivity index is 4.08. The van der Waals surface area contributed by atoms with Gasteiger partial charge in [0.1, 0.15) is 6.61 Å². The lowest BCUT2D eigenvalue weighted by molar-refractivity contribution is -0.160. The third-order valence-corrected chi connectivity index (χ3v) is 5.29. The molecule has 0 aromatic heterocycles. The number of carbonyl (C=O) groups is 2. The average Bonchev–Trinajstić information content (AvgIpc) is 2.70. The summed E-state index contributed by atoms with van der Waals surface area (Å²) in [5.74, 6) is -1.02. The molecular weight excluding hydrogens is 413 g/mol. The molecule has 0 bridgehead atoms. The van der Waals surface area contributed by atoms with E-state index in [4.69, 9.17) is 19.7 Å². The fraction of sp³-hybridized carbons (Fsp3) is 0.900. The van der Waals surface area contributed by atoms with Gasteiger partial charge in [0.2, 0.25) is 0 Å². The molecule has 0 aliphatic heterocycles. The van der Waals surface area contributed by atoms with E-state index in [9.17, 15) is 19.0 Å². The van der Waals surface area contributed by atoms with Crippen LogP contribution in [0.4, 0.5) is 0 Å². The van der Waals surface area contributed by atoms with Crippen molar-refractivity contribution in [3.63, 3.8) is 0 Å². The minimum Gasteiger partial charge on any atom is -0.462 e. The molecule has 30 heavy (non-hydrogen) atoms. The summed E-state index contributed by atoms with van der Waals surface area (Å²) in [6.07, 6.45) is 10.8. The Morgan fingerprint density at radius 2 is 1.50 bits per heavy atom. The monoisotopic (exact) mass is 453 g/mol. The van der Waals surface area contributed by atoms with Crippen molar-refractivity contribution in [2.45, 2.75) is 90.6 Å². The van der Waals surface area contributed by atoms with Crippen LogP contribution in [0.1, 0.15) is 84.5 Å². The molecule has 0 amide bonds. The van der Waals surface area contributed by atoms with E-state index in [1.807, 2.05) is 0 Å². The molecule has 0 rings (SSSR count).